The Morgan fingerprint density at radius 3 is 2.19 bits per heavy atom. The molecule has 0 bridgehead atoms. The molecule has 17 nitrogen and oxygen atoms in total. The molecule has 2 saturated heterocycles. The highest BCUT2D eigenvalue weighted by atomic mass is 16.6. The lowest BCUT2D eigenvalue weighted by molar-refractivity contribution is -0.139. The Morgan fingerprint density at radius 1 is 0.794 bits per heavy atom. The Hall–Kier alpha value is -5.01. The monoisotopic (exact) mass is 938 g/mol. The number of carbonyl (C=O) groups excluding carboxylic acids is 3. The van der Waals surface area contributed by atoms with E-state index in [1.54, 1.807) is 11.9 Å². The molecule has 1 aliphatic carbocycles. The summed E-state index contributed by atoms with van der Waals surface area (Å²) in [6, 6.07) is 15.0. The van der Waals surface area contributed by atoms with E-state index in [1.807, 2.05) is 24.4 Å². The molecule has 2 aromatic heterocycles. The van der Waals surface area contributed by atoms with Gasteiger partial charge in [0.15, 0.2) is 0 Å². The molecule has 3 fully saturated rings. The Labute approximate surface area is 400 Å². The number of aromatic nitrogens is 3. The number of anilines is 3. The van der Waals surface area contributed by atoms with Gasteiger partial charge in [0.25, 0.3) is 0 Å². The average Bonchev–Trinajstić information content (AvgIpc) is 3.85. The van der Waals surface area contributed by atoms with Gasteiger partial charge in [0, 0.05) is 95.2 Å². The lowest BCUT2D eigenvalue weighted by Crippen LogP contribution is -2.46. The van der Waals surface area contributed by atoms with Crippen LogP contribution in [0.25, 0.3) is 22.2 Å². The molecule has 2 unspecified atom stereocenters. The maximum atomic E-state index is 13.2. The van der Waals surface area contributed by atoms with Gasteiger partial charge in [0.1, 0.15) is 5.65 Å². The number of amides is 3. The second-order valence-corrected chi connectivity index (χ2v) is 18.5. The van der Waals surface area contributed by atoms with Crippen LogP contribution in [-0.4, -0.2) is 159 Å². The van der Waals surface area contributed by atoms with Crippen molar-refractivity contribution in [2.24, 2.45) is 5.92 Å². The van der Waals surface area contributed by atoms with E-state index in [0.717, 1.165) is 118 Å². The maximum absolute atomic E-state index is 13.2. The van der Waals surface area contributed by atoms with Crippen molar-refractivity contribution in [3.05, 3.63) is 66.0 Å². The standard InChI is InChI=1S/C51H71N9O8/c1-3-4-18-53-51-54-33-42-43(35-60(48(42)56-51)38-12-14-39(61)15-13-38)37-10-8-36(9-11-37)34-59-22-20-58(21-23-59)24-26-66-28-30-68-32-31-67-29-27-65-25-19-52-44-7-5-6-40-46(50(64)57(2)47(40)44)41-16-17-45(62)55-49(41)63/h5-11,33,35,38-39,41,46,52,61H,3-4,12-32,34H2,1-2H3,(H,53,54,56)(H,55,62,63). The van der Waals surface area contributed by atoms with Crippen LogP contribution in [-0.2, 0) is 39.9 Å². The lowest BCUT2D eigenvalue weighted by Gasteiger charge is -2.34. The van der Waals surface area contributed by atoms with E-state index < -0.39 is 11.8 Å². The fourth-order valence-electron chi connectivity index (χ4n) is 9.97. The number of likely N-dealkylation sites (N-methyl/N-ethyl adjacent to an activating group) is 1. The summed E-state index contributed by atoms with van der Waals surface area (Å²) in [6.07, 6.45) is 10.4. The molecule has 0 spiro atoms. The van der Waals surface area contributed by atoms with Gasteiger partial charge >= 0.3 is 0 Å². The summed E-state index contributed by atoms with van der Waals surface area (Å²) < 4.78 is 25.3. The normalized spacial score (nSPS) is 21.4. The van der Waals surface area contributed by atoms with E-state index in [1.165, 1.54) is 11.1 Å². The molecule has 4 aromatic rings. The molecule has 0 radical (unpaired) electrons. The molecule has 68 heavy (non-hydrogen) atoms. The Kier molecular flexibility index (Phi) is 17.8. The molecule has 4 N–H and O–H groups in total. The van der Waals surface area contributed by atoms with Crippen molar-refractivity contribution in [3.8, 4) is 11.1 Å². The summed E-state index contributed by atoms with van der Waals surface area (Å²) in [6.45, 7) is 13.6. The van der Waals surface area contributed by atoms with Gasteiger partial charge in [-0.05, 0) is 61.3 Å². The number of nitrogens with one attached hydrogen (secondary N) is 3. The summed E-state index contributed by atoms with van der Waals surface area (Å²) in [5.41, 5.74) is 6.97. The van der Waals surface area contributed by atoms with Crippen LogP contribution in [0.2, 0.25) is 0 Å². The summed E-state index contributed by atoms with van der Waals surface area (Å²) in [7, 11) is 1.72. The highest BCUT2D eigenvalue weighted by Crippen LogP contribution is 2.46. The van der Waals surface area contributed by atoms with Crippen LogP contribution in [0.3, 0.4) is 0 Å². The number of imide groups is 1. The molecule has 3 amide bonds. The fraction of sp³-hybridized carbons (Fsp3) is 0.588. The first-order valence-electron chi connectivity index (χ1n) is 24.9. The van der Waals surface area contributed by atoms with E-state index in [0.29, 0.717) is 77.8 Å². The number of fused-ring (bicyclic) bond motifs is 2. The third-order valence-corrected chi connectivity index (χ3v) is 13.8. The number of para-hydroxylation sites is 1. The number of unbranched alkanes of at least 4 members (excludes halogenated alkanes) is 1. The lowest BCUT2D eigenvalue weighted by atomic mass is 9.81. The molecule has 2 aromatic carbocycles. The van der Waals surface area contributed by atoms with Crippen molar-refractivity contribution in [3.63, 3.8) is 0 Å². The number of aliphatic hydroxyl groups is 1. The van der Waals surface area contributed by atoms with E-state index in [4.69, 9.17) is 28.9 Å². The number of carbonyl (C=O) groups is 3. The number of rotatable bonds is 25. The molecule has 3 aliphatic heterocycles. The van der Waals surface area contributed by atoms with Crippen LogP contribution in [0.4, 0.5) is 17.3 Å². The minimum Gasteiger partial charge on any atom is -0.393 e. The van der Waals surface area contributed by atoms with Crippen molar-refractivity contribution in [1.82, 2.24) is 29.7 Å². The van der Waals surface area contributed by atoms with Crippen molar-refractivity contribution in [2.75, 3.05) is 121 Å². The first-order valence-corrected chi connectivity index (χ1v) is 24.9. The first kappa shape index (κ1) is 49.4. The largest absolute Gasteiger partial charge is 0.393 e. The van der Waals surface area contributed by atoms with Crippen LogP contribution < -0.4 is 20.9 Å². The van der Waals surface area contributed by atoms with Gasteiger partial charge in [-0.1, -0.05) is 49.7 Å². The van der Waals surface area contributed by atoms with Gasteiger partial charge in [-0.2, -0.15) is 4.98 Å². The van der Waals surface area contributed by atoms with Crippen molar-refractivity contribution >= 4 is 46.1 Å². The molecule has 8 rings (SSSR count). The number of ether oxygens (including phenoxy) is 4. The van der Waals surface area contributed by atoms with Crippen LogP contribution in [0, 0.1) is 5.92 Å². The predicted molar refractivity (Wildman–Crippen MR) is 262 cm³/mol. The summed E-state index contributed by atoms with van der Waals surface area (Å²) in [5, 5.41) is 20.4. The van der Waals surface area contributed by atoms with Crippen LogP contribution in [0.15, 0.2) is 54.9 Å². The highest BCUT2D eigenvalue weighted by Gasteiger charge is 2.46. The number of hydrogen-bond donors (Lipinski definition) is 4. The molecule has 4 aliphatic rings. The SMILES string of the molecule is CCCCNc1ncc2c(-c3ccc(CN4CCN(CCOCCOCCOCCOCCNc5cccc6c5N(C)C(=O)C6C5CCC(=O)NC5=O)CC4)cc3)cn(C3CCC(O)CC3)c2n1. The predicted octanol–water partition coefficient (Wildman–Crippen LogP) is 5.20. The minimum atomic E-state index is -0.598. The van der Waals surface area contributed by atoms with Gasteiger partial charge in [0.05, 0.1) is 82.2 Å². The van der Waals surface area contributed by atoms with Crippen molar-refractivity contribution < 1.29 is 38.4 Å². The van der Waals surface area contributed by atoms with E-state index in [2.05, 4.69) is 67.7 Å². The minimum absolute atomic E-state index is 0.137. The van der Waals surface area contributed by atoms with E-state index in [-0.39, 0.29) is 30.2 Å². The Morgan fingerprint density at radius 2 is 1.49 bits per heavy atom. The fourth-order valence-corrected chi connectivity index (χ4v) is 9.97. The van der Waals surface area contributed by atoms with Gasteiger partial charge in [-0.15, -0.1) is 0 Å². The third kappa shape index (κ3) is 12.6. The smallest absolute Gasteiger partial charge is 0.235 e. The molecule has 2 atom stereocenters. The van der Waals surface area contributed by atoms with Crippen molar-refractivity contribution in [2.45, 2.75) is 82.9 Å². The number of benzene rings is 2. The second kappa shape index (κ2) is 24.5. The molecule has 17 heteroatoms. The number of hydrogen-bond acceptors (Lipinski definition) is 14. The topological polar surface area (TPSA) is 185 Å². The third-order valence-electron chi connectivity index (χ3n) is 13.8. The molecule has 1 saturated carbocycles. The number of piperazine rings is 1. The Balaban J connectivity index is 0.654. The highest BCUT2D eigenvalue weighted by molar-refractivity contribution is 6.11. The number of piperidine rings is 1. The zero-order chi connectivity index (χ0) is 47.2. The zero-order valence-electron chi connectivity index (χ0n) is 40.0. The summed E-state index contributed by atoms with van der Waals surface area (Å²) in [4.78, 5) is 53.7. The molecular formula is C51H71N9O8. The van der Waals surface area contributed by atoms with Gasteiger partial charge in [0.2, 0.25) is 23.7 Å². The molecular weight excluding hydrogens is 867 g/mol. The maximum Gasteiger partial charge on any atom is 0.235 e. The van der Waals surface area contributed by atoms with E-state index >= 15 is 0 Å². The van der Waals surface area contributed by atoms with Gasteiger partial charge < -0.3 is 44.2 Å². The van der Waals surface area contributed by atoms with Crippen LogP contribution in [0.5, 0.6) is 0 Å². The first-order chi connectivity index (χ1) is 33.3. The second-order valence-electron chi connectivity index (χ2n) is 18.5. The van der Waals surface area contributed by atoms with Crippen LogP contribution >= 0.6 is 0 Å². The zero-order valence-corrected chi connectivity index (χ0v) is 40.0. The number of nitrogens with zero attached hydrogens (tertiary/aromatic N) is 6. The quantitative estimate of drug-likeness (QED) is 0.0503. The van der Waals surface area contributed by atoms with Gasteiger partial charge in [-0.25, -0.2) is 4.98 Å². The Bertz CT molecular complexity index is 2280. The van der Waals surface area contributed by atoms with Gasteiger partial charge in [-0.3, -0.25) is 29.5 Å². The van der Waals surface area contributed by atoms with E-state index in [9.17, 15) is 19.5 Å². The molecule has 5 heterocycles. The molecule has 368 valence electrons. The number of aliphatic hydroxyl groups excluding tert-OH is 1. The summed E-state index contributed by atoms with van der Waals surface area (Å²) in [5.74, 6) is -1.29. The van der Waals surface area contributed by atoms with Crippen LogP contribution in [0.1, 0.15) is 81.4 Å². The van der Waals surface area contributed by atoms with Crippen molar-refractivity contribution in [1.29, 1.82) is 0 Å². The summed E-state index contributed by atoms with van der Waals surface area (Å²) >= 11 is 0. The average molecular weight is 938 g/mol.